The molecule has 0 unspecified atom stereocenters. The zero-order valence-electron chi connectivity index (χ0n) is 11.3. The zero-order chi connectivity index (χ0) is 13.1. The molecule has 1 saturated carbocycles. The van der Waals surface area contributed by atoms with E-state index in [1.54, 1.807) is 13.1 Å². The zero-order valence-corrected chi connectivity index (χ0v) is 12.1. The summed E-state index contributed by atoms with van der Waals surface area (Å²) < 4.78 is 0. The number of aromatic nitrogens is 1. The van der Waals surface area contributed by atoms with Gasteiger partial charge in [-0.1, -0.05) is 19.3 Å². The Kier molecular flexibility index (Phi) is 6.04. The molecule has 0 bridgehead atoms. The molecule has 0 radical (unpaired) electrons. The number of aryl methyl sites for hydroxylation is 1. The molecular weight excluding hydrogens is 264 g/mol. The van der Waals surface area contributed by atoms with Crippen molar-refractivity contribution in [3.05, 3.63) is 23.0 Å². The summed E-state index contributed by atoms with van der Waals surface area (Å²) in [4.78, 5) is 4.07. The molecule has 0 aliphatic heterocycles. The van der Waals surface area contributed by atoms with Gasteiger partial charge in [0, 0.05) is 23.4 Å². The summed E-state index contributed by atoms with van der Waals surface area (Å²) in [6.07, 6.45) is 7.51. The molecule has 2 rings (SSSR count). The second-order valence-electron chi connectivity index (χ2n) is 5.21. The molecule has 4 N–H and O–H groups in total. The van der Waals surface area contributed by atoms with Crippen LogP contribution in [0.4, 0.5) is 0 Å². The summed E-state index contributed by atoms with van der Waals surface area (Å²) in [5, 5.41) is 19.5. The summed E-state index contributed by atoms with van der Waals surface area (Å²) in [5.74, 6) is 0.552. The van der Waals surface area contributed by atoms with Crippen molar-refractivity contribution >= 4 is 12.4 Å². The first-order valence-electron chi connectivity index (χ1n) is 6.69. The van der Waals surface area contributed by atoms with Gasteiger partial charge in [-0.25, -0.2) is 0 Å². The first kappa shape index (κ1) is 16.2. The highest BCUT2D eigenvalue weighted by Gasteiger charge is 2.26. The molecule has 1 aliphatic carbocycles. The maximum atomic E-state index is 10.2. The van der Waals surface area contributed by atoms with E-state index in [0.717, 1.165) is 12.8 Å². The lowest BCUT2D eigenvalue weighted by Crippen LogP contribution is -2.25. The van der Waals surface area contributed by atoms with Crippen LogP contribution in [0.2, 0.25) is 0 Å². The van der Waals surface area contributed by atoms with E-state index >= 15 is 0 Å². The van der Waals surface area contributed by atoms with Gasteiger partial charge in [-0.2, -0.15) is 0 Å². The molecule has 108 valence electrons. The Morgan fingerprint density at radius 3 is 2.58 bits per heavy atom. The number of hydrogen-bond donors (Lipinski definition) is 3. The van der Waals surface area contributed by atoms with E-state index in [2.05, 4.69) is 4.98 Å². The smallest absolute Gasteiger partial charge is 0.141 e. The molecule has 1 aromatic rings. The maximum absolute atomic E-state index is 10.2. The number of hydrogen-bond acceptors (Lipinski definition) is 4. The lowest BCUT2D eigenvalue weighted by Gasteiger charge is -2.29. The number of aromatic hydroxyl groups is 1. The first-order chi connectivity index (χ1) is 8.65. The van der Waals surface area contributed by atoms with Crippen LogP contribution < -0.4 is 5.73 Å². The third kappa shape index (κ3) is 3.38. The minimum Gasteiger partial charge on any atom is -0.506 e. The van der Waals surface area contributed by atoms with Crippen LogP contribution in [0.25, 0.3) is 0 Å². The molecule has 0 amide bonds. The molecule has 1 aromatic heterocycles. The fourth-order valence-corrected chi connectivity index (χ4v) is 2.88. The van der Waals surface area contributed by atoms with Gasteiger partial charge in [0.1, 0.15) is 5.75 Å². The second kappa shape index (κ2) is 7.08. The molecule has 1 fully saturated rings. The summed E-state index contributed by atoms with van der Waals surface area (Å²) in [6.45, 7) is 1.63. The van der Waals surface area contributed by atoms with Gasteiger partial charge >= 0.3 is 0 Å². The second-order valence-corrected chi connectivity index (χ2v) is 5.21. The van der Waals surface area contributed by atoms with Gasteiger partial charge in [-0.15, -0.1) is 12.4 Å². The highest BCUT2D eigenvalue weighted by Crippen LogP contribution is 2.38. The van der Waals surface area contributed by atoms with Crippen LogP contribution in [0.5, 0.6) is 5.75 Å². The van der Waals surface area contributed by atoms with Crippen molar-refractivity contribution in [1.29, 1.82) is 0 Å². The number of pyridine rings is 1. The average Bonchev–Trinajstić information content (AvgIpc) is 2.42. The van der Waals surface area contributed by atoms with Crippen LogP contribution >= 0.6 is 12.4 Å². The average molecular weight is 287 g/mol. The van der Waals surface area contributed by atoms with Gasteiger partial charge in [-0.3, -0.25) is 4.98 Å². The van der Waals surface area contributed by atoms with E-state index in [1.807, 2.05) is 0 Å². The van der Waals surface area contributed by atoms with Gasteiger partial charge in [-0.05, 0) is 25.7 Å². The third-order valence-corrected chi connectivity index (χ3v) is 4.02. The van der Waals surface area contributed by atoms with E-state index in [1.165, 1.54) is 19.3 Å². The van der Waals surface area contributed by atoms with E-state index < -0.39 is 0 Å². The monoisotopic (exact) mass is 286 g/mol. The lowest BCUT2D eigenvalue weighted by atomic mass is 9.80. The predicted octanol–water partition coefficient (Wildman–Crippen LogP) is 2.59. The molecule has 4 nitrogen and oxygen atoms in total. The number of aliphatic hydroxyl groups is 1. The van der Waals surface area contributed by atoms with E-state index in [9.17, 15) is 10.2 Å². The molecule has 1 heterocycles. The largest absolute Gasteiger partial charge is 0.506 e. The molecule has 1 atom stereocenters. The van der Waals surface area contributed by atoms with Crippen LogP contribution in [0.15, 0.2) is 6.20 Å². The van der Waals surface area contributed by atoms with Gasteiger partial charge in [0.25, 0.3) is 0 Å². The summed E-state index contributed by atoms with van der Waals surface area (Å²) in [7, 11) is 0. The summed E-state index contributed by atoms with van der Waals surface area (Å²) in [5.41, 5.74) is 8.24. The van der Waals surface area contributed by atoms with Crippen LogP contribution in [0.1, 0.15) is 55.0 Å². The van der Waals surface area contributed by atoms with Crippen molar-refractivity contribution in [3.8, 4) is 5.75 Å². The fourth-order valence-electron chi connectivity index (χ4n) is 2.88. The highest BCUT2D eigenvalue weighted by atomic mass is 35.5. The predicted molar refractivity (Wildman–Crippen MR) is 77.3 cm³/mol. The number of rotatable bonds is 3. The minimum atomic E-state index is -0.200. The Hall–Kier alpha value is -0.840. The molecule has 0 saturated heterocycles. The van der Waals surface area contributed by atoms with Crippen LogP contribution in [-0.4, -0.2) is 15.2 Å². The van der Waals surface area contributed by atoms with Crippen molar-refractivity contribution < 1.29 is 10.2 Å². The molecule has 0 spiro atoms. The number of halogens is 1. The van der Waals surface area contributed by atoms with Gasteiger partial charge in [0.15, 0.2) is 0 Å². The van der Waals surface area contributed by atoms with E-state index in [4.69, 9.17) is 5.73 Å². The SMILES string of the molecule is Cc1ncc(CO)c([C@@H](N)C2CCCCC2)c1O.Cl. The number of aliphatic hydroxyl groups excluding tert-OH is 1. The summed E-state index contributed by atoms with van der Waals surface area (Å²) in [6, 6.07) is -0.200. The quantitative estimate of drug-likeness (QED) is 0.798. The molecular formula is C14H23ClN2O2. The third-order valence-electron chi connectivity index (χ3n) is 4.02. The Bertz CT molecular complexity index is 420. The fraction of sp³-hybridized carbons (Fsp3) is 0.643. The van der Waals surface area contributed by atoms with Crippen molar-refractivity contribution in [1.82, 2.24) is 4.98 Å². The molecule has 5 heteroatoms. The Labute approximate surface area is 120 Å². The van der Waals surface area contributed by atoms with Crippen LogP contribution in [0, 0.1) is 12.8 Å². The van der Waals surface area contributed by atoms with Crippen molar-refractivity contribution in [2.45, 2.75) is 51.7 Å². The van der Waals surface area contributed by atoms with Gasteiger partial charge in [0.05, 0.1) is 12.3 Å². The van der Waals surface area contributed by atoms with Crippen molar-refractivity contribution in [2.75, 3.05) is 0 Å². The topological polar surface area (TPSA) is 79.4 Å². The van der Waals surface area contributed by atoms with Crippen LogP contribution in [0.3, 0.4) is 0 Å². The number of nitrogens with two attached hydrogens (primary N) is 1. The standard InChI is InChI=1S/C14H22N2O2.ClH/c1-9-14(18)12(11(8-17)7-16-9)13(15)10-5-3-2-4-6-10;/h7,10,13,17-18H,2-6,8,15H2,1H3;1H/t13-;/m0./s1. The Balaban J connectivity index is 0.00000180. The minimum absolute atomic E-state index is 0. The van der Waals surface area contributed by atoms with Gasteiger partial charge in [0.2, 0.25) is 0 Å². The normalized spacial score (nSPS) is 17.8. The van der Waals surface area contributed by atoms with Crippen molar-refractivity contribution in [3.63, 3.8) is 0 Å². The highest BCUT2D eigenvalue weighted by molar-refractivity contribution is 5.85. The Morgan fingerprint density at radius 2 is 2.00 bits per heavy atom. The first-order valence-corrected chi connectivity index (χ1v) is 6.69. The van der Waals surface area contributed by atoms with Crippen molar-refractivity contribution in [2.24, 2.45) is 11.7 Å². The lowest BCUT2D eigenvalue weighted by molar-refractivity contribution is 0.268. The van der Waals surface area contributed by atoms with Gasteiger partial charge < -0.3 is 15.9 Å². The molecule has 19 heavy (non-hydrogen) atoms. The Morgan fingerprint density at radius 1 is 1.37 bits per heavy atom. The maximum Gasteiger partial charge on any atom is 0.141 e. The number of nitrogens with zero attached hydrogens (tertiary/aromatic N) is 1. The van der Waals surface area contributed by atoms with Crippen LogP contribution in [-0.2, 0) is 6.61 Å². The molecule has 1 aliphatic rings. The van der Waals surface area contributed by atoms with E-state index in [0.29, 0.717) is 22.7 Å². The molecule has 0 aromatic carbocycles. The summed E-state index contributed by atoms with van der Waals surface area (Å²) >= 11 is 0. The van der Waals surface area contributed by atoms with E-state index in [-0.39, 0.29) is 30.8 Å².